The fourth-order valence-corrected chi connectivity index (χ4v) is 2.43. The van der Waals surface area contributed by atoms with Gasteiger partial charge in [0.25, 0.3) is 0 Å². The number of rotatable bonds is 6. The summed E-state index contributed by atoms with van der Waals surface area (Å²) in [5.74, 6) is -0.375. The van der Waals surface area contributed by atoms with Crippen molar-refractivity contribution in [3.8, 4) is 0 Å². The molecule has 0 fully saturated rings. The van der Waals surface area contributed by atoms with Gasteiger partial charge in [-0.25, -0.2) is 9.37 Å². The molecule has 0 unspecified atom stereocenters. The minimum absolute atomic E-state index is 0.103. The highest BCUT2D eigenvalue weighted by molar-refractivity contribution is 6.32. The van der Waals surface area contributed by atoms with Crippen molar-refractivity contribution < 1.29 is 9.18 Å². The van der Waals surface area contributed by atoms with Crippen LogP contribution >= 0.6 is 11.6 Å². The standard InChI is InChI=1S/C18H17ClFN7O/c1-3-4-16(28)23-11-5-6-14(20)15(7-11)25-17-13(19)9-21-18(26-17)24-12-8-22-27(2)10-12/h3-10H,1-2H3,(H,23,28)(H2,21,24,25,26)/b4-3+. The molecule has 3 rings (SSSR count). The zero-order chi connectivity index (χ0) is 20.1. The third-order valence-corrected chi connectivity index (χ3v) is 3.79. The summed E-state index contributed by atoms with van der Waals surface area (Å²) in [4.78, 5) is 20.0. The molecule has 144 valence electrons. The summed E-state index contributed by atoms with van der Waals surface area (Å²) in [6, 6.07) is 4.14. The third-order valence-electron chi connectivity index (χ3n) is 3.51. The Morgan fingerprint density at radius 2 is 2.07 bits per heavy atom. The smallest absolute Gasteiger partial charge is 0.248 e. The van der Waals surface area contributed by atoms with E-state index in [9.17, 15) is 9.18 Å². The van der Waals surface area contributed by atoms with Gasteiger partial charge in [0.1, 0.15) is 10.8 Å². The summed E-state index contributed by atoms with van der Waals surface area (Å²) in [6.45, 7) is 1.73. The van der Waals surface area contributed by atoms with Gasteiger partial charge in [0, 0.05) is 18.9 Å². The van der Waals surface area contributed by atoms with Crippen LogP contribution in [0.25, 0.3) is 0 Å². The van der Waals surface area contributed by atoms with Gasteiger partial charge in [-0.3, -0.25) is 9.48 Å². The number of nitrogens with one attached hydrogen (secondary N) is 3. The lowest BCUT2D eigenvalue weighted by Crippen LogP contribution is -2.08. The van der Waals surface area contributed by atoms with E-state index < -0.39 is 5.82 Å². The molecule has 10 heteroatoms. The molecule has 0 aliphatic rings. The molecule has 2 aromatic heterocycles. The number of amides is 1. The molecule has 0 radical (unpaired) electrons. The molecule has 1 aromatic carbocycles. The maximum atomic E-state index is 14.2. The monoisotopic (exact) mass is 401 g/mol. The number of allylic oxidation sites excluding steroid dienone is 1. The Morgan fingerprint density at radius 1 is 1.25 bits per heavy atom. The molecule has 0 saturated heterocycles. The van der Waals surface area contributed by atoms with E-state index >= 15 is 0 Å². The third kappa shape index (κ3) is 4.83. The van der Waals surface area contributed by atoms with E-state index in [1.807, 2.05) is 0 Å². The van der Waals surface area contributed by atoms with Gasteiger partial charge >= 0.3 is 0 Å². The lowest BCUT2D eigenvalue weighted by Gasteiger charge is -2.12. The number of halogens is 2. The molecule has 0 atom stereocenters. The Balaban J connectivity index is 1.82. The SMILES string of the molecule is C/C=C/C(=O)Nc1ccc(F)c(Nc2nc(Nc3cnn(C)c3)ncc2Cl)c1. The summed E-state index contributed by atoms with van der Waals surface area (Å²) in [5, 5.41) is 12.7. The van der Waals surface area contributed by atoms with E-state index in [0.717, 1.165) is 0 Å². The second-order valence-electron chi connectivity index (χ2n) is 5.73. The summed E-state index contributed by atoms with van der Waals surface area (Å²) < 4.78 is 15.8. The van der Waals surface area contributed by atoms with Crippen LogP contribution < -0.4 is 16.0 Å². The summed E-state index contributed by atoms with van der Waals surface area (Å²) in [6.07, 6.45) is 7.73. The molecule has 0 aliphatic heterocycles. The zero-order valence-electron chi connectivity index (χ0n) is 15.1. The van der Waals surface area contributed by atoms with Crippen molar-refractivity contribution in [2.75, 3.05) is 16.0 Å². The predicted molar refractivity (Wildman–Crippen MR) is 107 cm³/mol. The molecule has 3 aromatic rings. The van der Waals surface area contributed by atoms with E-state index in [0.29, 0.717) is 11.4 Å². The van der Waals surface area contributed by atoms with Crippen LogP contribution in [0.4, 0.5) is 33.2 Å². The van der Waals surface area contributed by atoms with Gasteiger partial charge < -0.3 is 16.0 Å². The van der Waals surface area contributed by atoms with Gasteiger partial charge in [0.15, 0.2) is 5.82 Å². The van der Waals surface area contributed by atoms with Crippen LogP contribution in [0.3, 0.4) is 0 Å². The molecular formula is C18H17ClFN7O. The fourth-order valence-electron chi connectivity index (χ4n) is 2.29. The minimum Gasteiger partial charge on any atom is -0.336 e. The largest absolute Gasteiger partial charge is 0.336 e. The number of aromatic nitrogens is 4. The first-order valence-electron chi connectivity index (χ1n) is 8.23. The Labute approximate surface area is 165 Å². The Bertz CT molecular complexity index is 1030. The van der Waals surface area contributed by atoms with Gasteiger partial charge in [0.05, 0.1) is 23.8 Å². The summed E-state index contributed by atoms with van der Waals surface area (Å²) in [5.41, 5.74) is 1.22. The fraction of sp³-hybridized carbons (Fsp3) is 0.111. The van der Waals surface area contributed by atoms with E-state index in [-0.39, 0.29) is 28.4 Å². The quantitative estimate of drug-likeness (QED) is 0.540. The Morgan fingerprint density at radius 3 is 2.79 bits per heavy atom. The minimum atomic E-state index is -0.527. The van der Waals surface area contributed by atoms with Crippen molar-refractivity contribution in [3.05, 3.63) is 59.8 Å². The van der Waals surface area contributed by atoms with Crippen molar-refractivity contribution in [3.63, 3.8) is 0 Å². The molecule has 28 heavy (non-hydrogen) atoms. The maximum Gasteiger partial charge on any atom is 0.248 e. The number of anilines is 5. The summed E-state index contributed by atoms with van der Waals surface area (Å²) in [7, 11) is 1.78. The average molecular weight is 402 g/mol. The van der Waals surface area contributed by atoms with Crippen molar-refractivity contribution in [2.45, 2.75) is 6.92 Å². The van der Waals surface area contributed by atoms with Crippen molar-refractivity contribution >= 4 is 46.3 Å². The van der Waals surface area contributed by atoms with Crippen molar-refractivity contribution in [1.29, 1.82) is 0 Å². The van der Waals surface area contributed by atoms with E-state index in [2.05, 4.69) is 31.0 Å². The van der Waals surface area contributed by atoms with Crippen LogP contribution in [-0.2, 0) is 11.8 Å². The van der Waals surface area contributed by atoms with Crippen molar-refractivity contribution in [2.24, 2.45) is 7.05 Å². The number of aryl methyl sites for hydroxylation is 1. The number of carbonyl (C=O) groups is 1. The molecular weight excluding hydrogens is 385 g/mol. The van der Waals surface area contributed by atoms with E-state index in [1.54, 1.807) is 37.1 Å². The lowest BCUT2D eigenvalue weighted by molar-refractivity contribution is -0.111. The zero-order valence-corrected chi connectivity index (χ0v) is 15.8. The lowest BCUT2D eigenvalue weighted by atomic mass is 10.2. The van der Waals surface area contributed by atoms with Crippen LogP contribution in [0.1, 0.15) is 6.92 Å². The van der Waals surface area contributed by atoms with Gasteiger partial charge in [-0.15, -0.1) is 0 Å². The first-order valence-corrected chi connectivity index (χ1v) is 8.61. The molecule has 8 nitrogen and oxygen atoms in total. The molecule has 0 aliphatic carbocycles. The van der Waals surface area contributed by atoms with Crippen molar-refractivity contribution in [1.82, 2.24) is 19.7 Å². The number of benzene rings is 1. The second kappa shape index (κ2) is 8.49. The predicted octanol–water partition coefficient (Wildman–Crippen LogP) is 4.00. The average Bonchev–Trinajstić information content (AvgIpc) is 3.05. The van der Waals surface area contributed by atoms with Crippen LogP contribution in [-0.4, -0.2) is 25.7 Å². The van der Waals surface area contributed by atoms with E-state index in [1.165, 1.54) is 30.5 Å². The first kappa shape index (κ1) is 19.3. The molecule has 1 amide bonds. The molecule has 0 saturated carbocycles. The highest BCUT2D eigenvalue weighted by atomic mass is 35.5. The first-order chi connectivity index (χ1) is 13.4. The number of carbonyl (C=O) groups excluding carboxylic acids is 1. The highest BCUT2D eigenvalue weighted by Gasteiger charge is 2.11. The van der Waals surface area contributed by atoms with Crippen LogP contribution in [0.5, 0.6) is 0 Å². The van der Waals surface area contributed by atoms with Gasteiger partial charge in [-0.2, -0.15) is 10.1 Å². The van der Waals surface area contributed by atoms with Crippen LogP contribution in [0, 0.1) is 5.82 Å². The number of hydrogen-bond acceptors (Lipinski definition) is 6. The van der Waals surface area contributed by atoms with Gasteiger partial charge in [-0.05, 0) is 31.2 Å². The highest BCUT2D eigenvalue weighted by Crippen LogP contribution is 2.28. The van der Waals surface area contributed by atoms with E-state index in [4.69, 9.17) is 11.6 Å². The van der Waals surface area contributed by atoms with Gasteiger partial charge in [0.2, 0.25) is 11.9 Å². The second-order valence-corrected chi connectivity index (χ2v) is 6.13. The van der Waals surface area contributed by atoms with Gasteiger partial charge in [-0.1, -0.05) is 17.7 Å². The Kier molecular flexibility index (Phi) is 5.85. The molecule has 3 N–H and O–H groups in total. The molecule has 0 bridgehead atoms. The molecule has 2 heterocycles. The Hall–Kier alpha value is -3.46. The maximum absolute atomic E-state index is 14.2. The number of nitrogens with zero attached hydrogens (tertiary/aromatic N) is 4. The molecule has 0 spiro atoms. The van der Waals surface area contributed by atoms with Crippen LogP contribution in [0.15, 0.2) is 48.9 Å². The normalized spacial score (nSPS) is 10.9. The number of hydrogen-bond donors (Lipinski definition) is 3. The topological polar surface area (TPSA) is 96.8 Å². The van der Waals surface area contributed by atoms with Crippen LogP contribution in [0.2, 0.25) is 5.02 Å². The summed E-state index contributed by atoms with van der Waals surface area (Å²) >= 11 is 6.14.